The van der Waals surface area contributed by atoms with E-state index >= 15 is 0 Å². The standard InChI is InChI=1S/C20H25N3O.2ClH/c1-20(21,18-9-3-2-4-10-18)19(24)22-12-14-23-13-11-16-7-5-6-8-17(16)15-23;;/h2-10H,11-15,21H2,1H3,(H,22,24);2*1H. The minimum atomic E-state index is -1.00. The molecule has 6 heteroatoms. The number of hydrogen-bond acceptors (Lipinski definition) is 3. The minimum Gasteiger partial charge on any atom is -0.353 e. The Bertz CT molecular complexity index is 707. The number of fused-ring (bicyclic) bond motifs is 1. The van der Waals surface area contributed by atoms with Gasteiger partial charge in [0.25, 0.3) is 0 Å². The van der Waals surface area contributed by atoms with Crippen molar-refractivity contribution in [3.8, 4) is 0 Å². The number of carbonyl (C=O) groups excluding carboxylic acids is 1. The van der Waals surface area contributed by atoms with Gasteiger partial charge in [-0.1, -0.05) is 54.6 Å². The van der Waals surface area contributed by atoms with E-state index in [1.54, 1.807) is 6.92 Å². The summed E-state index contributed by atoms with van der Waals surface area (Å²) in [5.74, 6) is -0.133. The zero-order valence-electron chi connectivity index (χ0n) is 15.0. The highest BCUT2D eigenvalue weighted by atomic mass is 35.5. The number of carbonyl (C=O) groups is 1. The second-order valence-electron chi connectivity index (χ2n) is 6.62. The largest absolute Gasteiger partial charge is 0.353 e. The Hall–Kier alpha value is -1.59. The van der Waals surface area contributed by atoms with Crippen molar-refractivity contribution in [1.82, 2.24) is 10.2 Å². The molecule has 1 aliphatic rings. The van der Waals surface area contributed by atoms with E-state index < -0.39 is 5.54 Å². The topological polar surface area (TPSA) is 58.4 Å². The fraction of sp³-hybridized carbons (Fsp3) is 0.350. The molecule has 1 atom stereocenters. The third kappa shape index (κ3) is 5.21. The van der Waals surface area contributed by atoms with Crippen molar-refractivity contribution < 1.29 is 4.79 Å². The zero-order valence-corrected chi connectivity index (χ0v) is 16.6. The highest BCUT2D eigenvalue weighted by molar-refractivity contribution is 5.87. The van der Waals surface area contributed by atoms with Gasteiger partial charge in [-0.3, -0.25) is 9.69 Å². The van der Waals surface area contributed by atoms with E-state index in [0.717, 1.165) is 31.6 Å². The van der Waals surface area contributed by atoms with E-state index in [2.05, 4.69) is 34.5 Å². The summed E-state index contributed by atoms with van der Waals surface area (Å²) < 4.78 is 0. The molecule has 0 bridgehead atoms. The van der Waals surface area contributed by atoms with Gasteiger partial charge in [-0.15, -0.1) is 24.8 Å². The molecule has 4 nitrogen and oxygen atoms in total. The Kier molecular flexibility index (Phi) is 8.57. The van der Waals surface area contributed by atoms with Crippen molar-refractivity contribution in [2.45, 2.75) is 25.4 Å². The van der Waals surface area contributed by atoms with E-state index in [9.17, 15) is 4.79 Å². The maximum absolute atomic E-state index is 12.5. The SMILES string of the molecule is CC(N)(C(=O)NCCN1CCc2ccccc2C1)c1ccccc1.Cl.Cl. The average Bonchev–Trinajstić information content (AvgIpc) is 2.62. The number of hydrogen-bond donors (Lipinski definition) is 2. The van der Waals surface area contributed by atoms with Crippen LogP contribution in [0.3, 0.4) is 0 Å². The van der Waals surface area contributed by atoms with Crippen LogP contribution in [-0.2, 0) is 23.3 Å². The summed E-state index contributed by atoms with van der Waals surface area (Å²) in [4.78, 5) is 14.8. The Labute approximate surface area is 168 Å². The van der Waals surface area contributed by atoms with Crippen LogP contribution in [0.1, 0.15) is 23.6 Å². The van der Waals surface area contributed by atoms with Crippen molar-refractivity contribution in [3.05, 3.63) is 71.3 Å². The van der Waals surface area contributed by atoms with E-state index in [4.69, 9.17) is 5.73 Å². The lowest BCUT2D eigenvalue weighted by Gasteiger charge is -2.29. The molecule has 142 valence electrons. The van der Waals surface area contributed by atoms with Gasteiger partial charge in [0.1, 0.15) is 5.54 Å². The van der Waals surface area contributed by atoms with Gasteiger partial charge in [-0.25, -0.2) is 0 Å². The Balaban J connectivity index is 0.00000169. The van der Waals surface area contributed by atoms with Gasteiger partial charge in [-0.2, -0.15) is 0 Å². The number of nitrogens with one attached hydrogen (secondary N) is 1. The van der Waals surface area contributed by atoms with Gasteiger partial charge >= 0.3 is 0 Å². The molecule has 1 heterocycles. The molecule has 0 saturated carbocycles. The smallest absolute Gasteiger partial charge is 0.244 e. The van der Waals surface area contributed by atoms with Crippen molar-refractivity contribution in [2.75, 3.05) is 19.6 Å². The Morgan fingerprint density at radius 1 is 1.08 bits per heavy atom. The summed E-state index contributed by atoms with van der Waals surface area (Å²) in [6.45, 7) is 5.19. The first-order valence-corrected chi connectivity index (χ1v) is 8.49. The number of benzene rings is 2. The summed E-state index contributed by atoms with van der Waals surface area (Å²) in [6, 6.07) is 18.1. The van der Waals surface area contributed by atoms with Crippen LogP contribution in [0.4, 0.5) is 0 Å². The van der Waals surface area contributed by atoms with Crippen LogP contribution in [0.5, 0.6) is 0 Å². The summed E-state index contributed by atoms with van der Waals surface area (Å²) in [5, 5.41) is 2.99. The molecule has 3 rings (SSSR count). The van der Waals surface area contributed by atoms with Gasteiger partial charge in [-0.05, 0) is 30.0 Å². The Morgan fingerprint density at radius 3 is 2.38 bits per heavy atom. The number of amides is 1. The first-order valence-electron chi connectivity index (χ1n) is 8.49. The van der Waals surface area contributed by atoms with Crippen molar-refractivity contribution >= 4 is 30.7 Å². The molecular formula is C20H27Cl2N3O. The van der Waals surface area contributed by atoms with Gasteiger partial charge < -0.3 is 11.1 Å². The lowest BCUT2D eigenvalue weighted by molar-refractivity contribution is -0.126. The molecule has 26 heavy (non-hydrogen) atoms. The van der Waals surface area contributed by atoms with Gasteiger partial charge in [0.2, 0.25) is 5.91 Å². The number of nitrogens with two attached hydrogens (primary N) is 1. The lowest BCUT2D eigenvalue weighted by atomic mass is 9.92. The van der Waals surface area contributed by atoms with Crippen LogP contribution in [0.15, 0.2) is 54.6 Å². The van der Waals surface area contributed by atoms with Crippen LogP contribution in [0.2, 0.25) is 0 Å². The second-order valence-corrected chi connectivity index (χ2v) is 6.62. The maximum atomic E-state index is 12.5. The van der Waals surface area contributed by atoms with Crippen LogP contribution < -0.4 is 11.1 Å². The molecule has 0 aliphatic carbocycles. The molecule has 0 fully saturated rings. The highest BCUT2D eigenvalue weighted by Crippen LogP contribution is 2.19. The monoisotopic (exact) mass is 395 g/mol. The molecule has 1 amide bonds. The quantitative estimate of drug-likeness (QED) is 0.817. The number of rotatable bonds is 5. The molecule has 2 aromatic rings. The number of nitrogens with zero attached hydrogens (tertiary/aromatic N) is 1. The van der Waals surface area contributed by atoms with E-state index in [-0.39, 0.29) is 30.7 Å². The second kappa shape index (κ2) is 9.93. The fourth-order valence-corrected chi connectivity index (χ4v) is 3.17. The van der Waals surface area contributed by atoms with Crippen LogP contribution in [0.25, 0.3) is 0 Å². The third-order valence-electron chi connectivity index (χ3n) is 4.77. The molecule has 0 spiro atoms. The molecule has 0 aromatic heterocycles. The first-order chi connectivity index (χ1) is 11.6. The molecule has 2 aromatic carbocycles. The molecule has 1 unspecified atom stereocenters. The van der Waals surface area contributed by atoms with Crippen LogP contribution in [-0.4, -0.2) is 30.4 Å². The number of halogens is 2. The predicted molar refractivity (Wildman–Crippen MR) is 111 cm³/mol. The van der Waals surface area contributed by atoms with Crippen LogP contribution >= 0.6 is 24.8 Å². The average molecular weight is 396 g/mol. The van der Waals surface area contributed by atoms with Gasteiger partial charge in [0.15, 0.2) is 0 Å². The molecule has 0 saturated heterocycles. The van der Waals surface area contributed by atoms with E-state index in [1.165, 1.54) is 11.1 Å². The summed E-state index contributed by atoms with van der Waals surface area (Å²) >= 11 is 0. The lowest BCUT2D eigenvalue weighted by Crippen LogP contribution is -2.50. The fourth-order valence-electron chi connectivity index (χ4n) is 3.17. The predicted octanol–water partition coefficient (Wildman–Crippen LogP) is 2.88. The first kappa shape index (κ1) is 22.5. The summed E-state index contributed by atoms with van der Waals surface area (Å²) in [7, 11) is 0. The molecular weight excluding hydrogens is 369 g/mol. The minimum absolute atomic E-state index is 0. The summed E-state index contributed by atoms with van der Waals surface area (Å²) in [5.41, 5.74) is 8.90. The van der Waals surface area contributed by atoms with Gasteiger partial charge in [0.05, 0.1) is 0 Å². The van der Waals surface area contributed by atoms with Gasteiger partial charge in [0, 0.05) is 26.2 Å². The zero-order chi connectivity index (χ0) is 17.0. The Morgan fingerprint density at radius 2 is 1.69 bits per heavy atom. The summed E-state index contributed by atoms with van der Waals surface area (Å²) in [6.07, 6.45) is 1.07. The molecule has 1 aliphatic heterocycles. The molecule has 0 radical (unpaired) electrons. The maximum Gasteiger partial charge on any atom is 0.244 e. The van der Waals surface area contributed by atoms with Crippen molar-refractivity contribution in [1.29, 1.82) is 0 Å². The normalized spacial score (nSPS) is 15.6. The third-order valence-corrected chi connectivity index (χ3v) is 4.77. The highest BCUT2D eigenvalue weighted by Gasteiger charge is 2.30. The van der Waals surface area contributed by atoms with Crippen molar-refractivity contribution in [3.63, 3.8) is 0 Å². The van der Waals surface area contributed by atoms with E-state index in [0.29, 0.717) is 6.54 Å². The van der Waals surface area contributed by atoms with Crippen molar-refractivity contribution in [2.24, 2.45) is 5.73 Å². The van der Waals surface area contributed by atoms with Crippen LogP contribution in [0, 0.1) is 0 Å². The molecule has 3 N–H and O–H groups in total. The van der Waals surface area contributed by atoms with E-state index in [1.807, 2.05) is 30.3 Å².